The SMILES string of the molecule is Cl.FC1(F)CNC(c2nc(COc3ccccc3)no2)C1. The van der Waals surface area contributed by atoms with Crippen molar-refractivity contribution in [2.45, 2.75) is 25.0 Å². The first-order valence-electron chi connectivity index (χ1n) is 6.24. The molecule has 2 aromatic rings. The Bertz CT molecular complexity index is 580. The molecule has 21 heavy (non-hydrogen) atoms. The van der Waals surface area contributed by atoms with Gasteiger partial charge in [0.15, 0.2) is 6.61 Å². The lowest BCUT2D eigenvalue weighted by Gasteiger charge is -2.04. The molecule has 0 bridgehead atoms. The third-order valence-corrected chi connectivity index (χ3v) is 3.00. The van der Waals surface area contributed by atoms with Crippen LogP contribution in [0.3, 0.4) is 0 Å². The summed E-state index contributed by atoms with van der Waals surface area (Å²) in [7, 11) is 0. The number of ether oxygens (including phenoxy) is 1. The van der Waals surface area contributed by atoms with Gasteiger partial charge in [0.25, 0.3) is 5.92 Å². The summed E-state index contributed by atoms with van der Waals surface area (Å²) in [5, 5.41) is 6.39. The molecule has 1 aromatic heterocycles. The predicted molar refractivity (Wildman–Crippen MR) is 72.6 cm³/mol. The highest BCUT2D eigenvalue weighted by Crippen LogP contribution is 2.33. The van der Waals surface area contributed by atoms with Gasteiger partial charge in [-0.3, -0.25) is 5.32 Å². The molecule has 0 saturated carbocycles. The van der Waals surface area contributed by atoms with Crippen molar-refractivity contribution >= 4 is 12.4 Å². The summed E-state index contributed by atoms with van der Waals surface area (Å²) in [6.07, 6.45) is -0.325. The zero-order valence-corrected chi connectivity index (χ0v) is 11.8. The number of halogens is 3. The standard InChI is InChI=1S/C13H13F2N3O2.ClH/c14-13(15)6-10(16-8-13)12-17-11(18-20-12)7-19-9-4-2-1-3-5-9;/h1-5,10,16H,6-8H2;1H. The highest BCUT2D eigenvalue weighted by Gasteiger charge is 2.42. The molecule has 1 N–H and O–H groups in total. The van der Waals surface area contributed by atoms with E-state index in [0.29, 0.717) is 11.6 Å². The van der Waals surface area contributed by atoms with E-state index in [2.05, 4.69) is 15.5 Å². The summed E-state index contributed by atoms with van der Waals surface area (Å²) < 4.78 is 36.6. The van der Waals surface area contributed by atoms with Gasteiger partial charge in [0.05, 0.1) is 12.6 Å². The summed E-state index contributed by atoms with van der Waals surface area (Å²) in [6.45, 7) is -0.230. The Labute approximate surface area is 126 Å². The summed E-state index contributed by atoms with van der Waals surface area (Å²) in [6, 6.07) is 8.59. The second-order valence-corrected chi connectivity index (χ2v) is 4.64. The number of nitrogens with one attached hydrogen (secondary N) is 1. The Morgan fingerprint density at radius 3 is 2.76 bits per heavy atom. The van der Waals surface area contributed by atoms with Gasteiger partial charge in [-0.2, -0.15) is 4.98 Å². The van der Waals surface area contributed by atoms with E-state index in [1.807, 2.05) is 18.2 Å². The average Bonchev–Trinajstić information content (AvgIpc) is 3.04. The van der Waals surface area contributed by atoms with Gasteiger partial charge in [0.2, 0.25) is 11.7 Å². The summed E-state index contributed by atoms with van der Waals surface area (Å²) in [5.74, 6) is -1.53. The van der Waals surface area contributed by atoms with E-state index in [-0.39, 0.29) is 37.9 Å². The Balaban J connectivity index is 0.00000161. The van der Waals surface area contributed by atoms with Crippen molar-refractivity contribution in [2.24, 2.45) is 0 Å². The number of hydrogen-bond donors (Lipinski definition) is 1. The fourth-order valence-corrected chi connectivity index (χ4v) is 2.02. The second-order valence-electron chi connectivity index (χ2n) is 4.64. The molecule has 1 aliphatic heterocycles. The van der Waals surface area contributed by atoms with Crippen LogP contribution >= 0.6 is 12.4 Å². The fourth-order valence-electron chi connectivity index (χ4n) is 2.02. The first-order valence-corrected chi connectivity index (χ1v) is 6.24. The summed E-state index contributed by atoms with van der Waals surface area (Å²) in [4.78, 5) is 4.07. The topological polar surface area (TPSA) is 60.2 Å². The van der Waals surface area contributed by atoms with Crippen LogP contribution in [-0.2, 0) is 6.61 Å². The molecule has 1 aromatic carbocycles. The molecular weight excluding hydrogens is 304 g/mol. The van der Waals surface area contributed by atoms with Gasteiger partial charge in [-0.25, -0.2) is 8.78 Å². The van der Waals surface area contributed by atoms with Gasteiger partial charge in [0, 0.05) is 6.42 Å². The Hall–Kier alpha value is -1.73. The molecule has 0 spiro atoms. The van der Waals surface area contributed by atoms with Crippen LogP contribution in [0.4, 0.5) is 8.78 Å². The minimum atomic E-state index is -2.72. The van der Waals surface area contributed by atoms with Crippen molar-refractivity contribution in [3.05, 3.63) is 42.0 Å². The number of aromatic nitrogens is 2. The van der Waals surface area contributed by atoms with Gasteiger partial charge in [-0.1, -0.05) is 23.4 Å². The predicted octanol–water partition coefficient (Wildman–Crippen LogP) is 2.74. The van der Waals surface area contributed by atoms with Crippen molar-refractivity contribution in [1.82, 2.24) is 15.5 Å². The maximum Gasteiger partial charge on any atom is 0.262 e. The van der Waals surface area contributed by atoms with Crippen LogP contribution in [-0.4, -0.2) is 22.6 Å². The quantitative estimate of drug-likeness (QED) is 0.939. The van der Waals surface area contributed by atoms with Crippen molar-refractivity contribution in [3.63, 3.8) is 0 Å². The fraction of sp³-hybridized carbons (Fsp3) is 0.385. The summed E-state index contributed by atoms with van der Waals surface area (Å²) in [5.41, 5.74) is 0. The smallest absolute Gasteiger partial charge is 0.262 e. The van der Waals surface area contributed by atoms with E-state index in [1.54, 1.807) is 12.1 Å². The molecule has 2 heterocycles. The lowest BCUT2D eigenvalue weighted by molar-refractivity contribution is 0.0200. The van der Waals surface area contributed by atoms with E-state index in [0.717, 1.165) is 0 Å². The van der Waals surface area contributed by atoms with Crippen LogP contribution in [0.2, 0.25) is 0 Å². The molecule has 1 fully saturated rings. The molecule has 3 rings (SSSR count). The molecular formula is C13H14ClF2N3O2. The van der Waals surface area contributed by atoms with Crippen molar-refractivity contribution in [3.8, 4) is 5.75 Å². The Morgan fingerprint density at radius 2 is 2.10 bits per heavy atom. The number of hydrogen-bond acceptors (Lipinski definition) is 5. The van der Waals surface area contributed by atoms with Crippen LogP contribution in [0.1, 0.15) is 24.2 Å². The van der Waals surface area contributed by atoms with E-state index < -0.39 is 12.0 Å². The molecule has 5 nitrogen and oxygen atoms in total. The van der Waals surface area contributed by atoms with Crippen LogP contribution in [0, 0.1) is 0 Å². The van der Waals surface area contributed by atoms with Gasteiger partial charge >= 0.3 is 0 Å². The van der Waals surface area contributed by atoms with Gasteiger partial charge in [-0.15, -0.1) is 12.4 Å². The number of rotatable bonds is 4. The van der Waals surface area contributed by atoms with E-state index in [1.165, 1.54) is 0 Å². The van der Waals surface area contributed by atoms with E-state index in [4.69, 9.17) is 9.26 Å². The van der Waals surface area contributed by atoms with Gasteiger partial charge < -0.3 is 9.26 Å². The molecule has 1 saturated heterocycles. The monoisotopic (exact) mass is 317 g/mol. The highest BCUT2D eigenvalue weighted by atomic mass is 35.5. The number of benzene rings is 1. The lowest BCUT2D eigenvalue weighted by Crippen LogP contribution is -2.19. The third-order valence-electron chi connectivity index (χ3n) is 3.00. The second kappa shape index (κ2) is 6.36. The molecule has 0 radical (unpaired) electrons. The number of nitrogens with zero attached hydrogens (tertiary/aromatic N) is 2. The largest absolute Gasteiger partial charge is 0.485 e. The Kier molecular flexibility index (Phi) is 4.74. The van der Waals surface area contributed by atoms with Gasteiger partial charge in [-0.05, 0) is 12.1 Å². The third kappa shape index (κ3) is 3.89. The molecule has 114 valence electrons. The highest BCUT2D eigenvalue weighted by molar-refractivity contribution is 5.85. The van der Waals surface area contributed by atoms with E-state index >= 15 is 0 Å². The van der Waals surface area contributed by atoms with Crippen LogP contribution < -0.4 is 10.1 Å². The zero-order valence-electron chi connectivity index (χ0n) is 11.0. The first-order chi connectivity index (χ1) is 9.62. The molecule has 1 unspecified atom stereocenters. The molecule has 0 aliphatic carbocycles. The van der Waals surface area contributed by atoms with Crippen LogP contribution in [0.15, 0.2) is 34.9 Å². The van der Waals surface area contributed by atoms with Crippen molar-refractivity contribution in [1.29, 1.82) is 0 Å². The lowest BCUT2D eigenvalue weighted by atomic mass is 10.2. The normalized spacial score (nSPS) is 20.0. The molecule has 1 aliphatic rings. The maximum atomic E-state index is 13.1. The van der Waals surface area contributed by atoms with Crippen LogP contribution in [0.5, 0.6) is 5.75 Å². The summed E-state index contributed by atoms with van der Waals surface area (Å²) >= 11 is 0. The minimum Gasteiger partial charge on any atom is -0.485 e. The van der Waals surface area contributed by atoms with E-state index in [9.17, 15) is 8.78 Å². The Morgan fingerprint density at radius 1 is 1.33 bits per heavy atom. The zero-order chi connectivity index (χ0) is 14.0. The average molecular weight is 318 g/mol. The minimum absolute atomic E-state index is 0. The molecule has 0 amide bonds. The molecule has 8 heteroatoms. The van der Waals surface area contributed by atoms with Crippen molar-refractivity contribution < 1.29 is 18.0 Å². The van der Waals surface area contributed by atoms with Crippen LogP contribution in [0.25, 0.3) is 0 Å². The van der Waals surface area contributed by atoms with Crippen molar-refractivity contribution in [2.75, 3.05) is 6.54 Å². The molecule has 1 atom stereocenters. The number of alkyl halides is 2. The van der Waals surface area contributed by atoms with Gasteiger partial charge in [0.1, 0.15) is 5.75 Å². The maximum absolute atomic E-state index is 13.1. The number of para-hydroxylation sites is 1. The first kappa shape index (κ1) is 15.7.